The lowest BCUT2D eigenvalue weighted by Crippen LogP contribution is -2.29. The predicted octanol–water partition coefficient (Wildman–Crippen LogP) is 3.69. The van der Waals surface area contributed by atoms with Crippen LogP contribution in [0.2, 0.25) is 5.02 Å². The van der Waals surface area contributed by atoms with Crippen LogP contribution in [0, 0.1) is 13.8 Å². The van der Waals surface area contributed by atoms with Gasteiger partial charge in [0.05, 0.1) is 13.0 Å². The molecule has 2 aromatic carbocycles. The van der Waals surface area contributed by atoms with Gasteiger partial charge in [-0.25, -0.2) is 0 Å². The van der Waals surface area contributed by atoms with Gasteiger partial charge < -0.3 is 10.1 Å². The zero-order valence-electron chi connectivity index (χ0n) is 12.9. The number of amides is 1. The predicted molar refractivity (Wildman–Crippen MR) is 89.6 cm³/mol. The van der Waals surface area contributed by atoms with Crippen LogP contribution in [0.5, 0.6) is 5.75 Å². The number of halogens is 1. The van der Waals surface area contributed by atoms with E-state index in [-0.39, 0.29) is 5.91 Å². The van der Waals surface area contributed by atoms with Gasteiger partial charge in [-0.15, -0.1) is 0 Å². The summed E-state index contributed by atoms with van der Waals surface area (Å²) < 4.78 is 5.75. The Hall–Kier alpha value is -2.00. The summed E-state index contributed by atoms with van der Waals surface area (Å²) in [6, 6.07) is 13.3. The van der Waals surface area contributed by atoms with Gasteiger partial charge in [-0.2, -0.15) is 0 Å². The Bertz CT molecular complexity index is 618. The molecule has 2 aromatic rings. The first kappa shape index (κ1) is 16.4. The fraction of sp³-hybridized carbons (Fsp3) is 0.278. The highest BCUT2D eigenvalue weighted by Crippen LogP contribution is 2.21. The lowest BCUT2D eigenvalue weighted by atomic mass is 10.1. The van der Waals surface area contributed by atoms with E-state index in [2.05, 4.69) is 5.32 Å². The molecule has 4 heteroatoms. The van der Waals surface area contributed by atoms with Crippen molar-refractivity contribution < 1.29 is 9.53 Å². The third-order valence-corrected chi connectivity index (χ3v) is 3.61. The molecule has 0 heterocycles. The second kappa shape index (κ2) is 7.85. The maximum Gasteiger partial charge on any atom is 0.224 e. The van der Waals surface area contributed by atoms with Crippen molar-refractivity contribution in [3.05, 3.63) is 64.2 Å². The SMILES string of the molecule is Cc1cccc(C)c1OCCNC(=O)Cc1ccc(Cl)cc1. The van der Waals surface area contributed by atoms with Gasteiger partial charge in [0, 0.05) is 5.02 Å². The zero-order valence-corrected chi connectivity index (χ0v) is 13.6. The van der Waals surface area contributed by atoms with Crippen LogP contribution in [0.25, 0.3) is 0 Å². The minimum absolute atomic E-state index is 0.0209. The number of benzene rings is 2. The van der Waals surface area contributed by atoms with Crippen LogP contribution in [0.1, 0.15) is 16.7 Å². The topological polar surface area (TPSA) is 38.3 Å². The fourth-order valence-electron chi connectivity index (χ4n) is 2.22. The highest BCUT2D eigenvalue weighted by molar-refractivity contribution is 6.30. The Morgan fingerprint density at radius 1 is 1.09 bits per heavy atom. The van der Waals surface area contributed by atoms with E-state index in [0.717, 1.165) is 22.4 Å². The maximum atomic E-state index is 11.8. The zero-order chi connectivity index (χ0) is 15.9. The maximum absolute atomic E-state index is 11.8. The minimum atomic E-state index is -0.0209. The molecule has 2 rings (SSSR count). The van der Waals surface area contributed by atoms with Crippen molar-refractivity contribution in [2.24, 2.45) is 0 Å². The molecule has 0 aliphatic heterocycles. The number of ether oxygens (including phenoxy) is 1. The molecule has 0 radical (unpaired) electrons. The first-order valence-electron chi connectivity index (χ1n) is 7.26. The van der Waals surface area contributed by atoms with Crippen molar-refractivity contribution in [2.75, 3.05) is 13.2 Å². The van der Waals surface area contributed by atoms with Crippen molar-refractivity contribution in [1.82, 2.24) is 5.32 Å². The highest BCUT2D eigenvalue weighted by Gasteiger charge is 2.05. The van der Waals surface area contributed by atoms with E-state index in [0.29, 0.717) is 24.6 Å². The van der Waals surface area contributed by atoms with Gasteiger partial charge in [0.2, 0.25) is 5.91 Å². The second-order valence-electron chi connectivity index (χ2n) is 5.22. The summed E-state index contributed by atoms with van der Waals surface area (Å²) in [5, 5.41) is 3.53. The summed E-state index contributed by atoms with van der Waals surface area (Å²) in [6.07, 6.45) is 0.348. The molecule has 1 amide bonds. The van der Waals surface area contributed by atoms with E-state index in [1.807, 2.05) is 44.2 Å². The van der Waals surface area contributed by atoms with Crippen LogP contribution in [0.4, 0.5) is 0 Å². The third-order valence-electron chi connectivity index (χ3n) is 3.36. The molecular formula is C18H20ClNO2. The van der Waals surface area contributed by atoms with Gasteiger partial charge in [-0.05, 0) is 42.7 Å². The normalized spacial score (nSPS) is 10.3. The molecular weight excluding hydrogens is 298 g/mol. The van der Waals surface area contributed by atoms with Crippen molar-refractivity contribution in [3.63, 3.8) is 0 Å². The average Bonchev–Trinajstić information content (AvgIpc) is 2.48. The lowest BCUT2D eigenvalue weighted by molar-refractivity contribution is -0.120. The number of rotatable bonds is 6. The summed E-state index contributed by atoms with van der Waals surface area (Å²) in [4.78, 5) is 11.8. The molecule has 3 nitrogen and oxygen atoms in total. The van der Waals surface area contributed by atoms with Gasteiger partial charge in [0.1, 0.15) is 12.4 Å². The van der Waals surface area contributed by atoms with Crippen molar-refractivity contribution in [1.29, 1.82) is 0 Å². The van der Waals surface area contributed by atoms with E-state index in [1.54, 1.807) is 12.1 Å². The van der Waals surface area contributed by atoms with E-state index in [1.165, 1.54) is 0 Å². The Labute approximate surface area is 136 Å². The minimum Gasteiger partial charge on any atom is -0.491 e. The molecule has 0 aromatic heterocycles. The molecule has 0 spiro atoms. The van der Waals surface area contributed by atoms with Crippen LogP contribution in [0.15, 0.2) is 42.5 Å². The van der Waals surface area contributed by atoms with E-state index >= 15 is 0 Å². The number of carbonyl (C=O) groups excluding carboxylic acids is 1. The first-order valence-corrected chi connectivity index (χ1v) is 7.64. The van der Waals surface area contributed by atoms with Gasteiger partial charge in [-0.1, -0.05) is 41.9 Å². The molecule has 116 valence electrons. The Balaban J connectivity index is 1.74. The van der Waals surface area contributed by atoms with Crippen LogP contribution < -0.4 is 10.1 Å². The lowest BCUT2D eigenvalue weighted by Gasteiger charge is -2.12. The Morgan fingerprint density at radius 2 is 1.73 bits per heavy atom. The van der Waals surface area contributed by atoms with Crippen molar-refractivity contribution in [2.45, 2.75) is 20.3 Å². The number of aryl methyl sites for hydroxylation is 2. The van der Waals surface area contributed by atoms with Gasteiger partial charge in [0.25, 0.3) is 0 Å². The van der Waals surface area contributed by atoms with Gasteiger partial charge in [-0.3, -0.25) is 4.79 Å². The molecule has 0 atom stereocenters. The summed E-state index contributed by atoms with van der Waals surface area (Å²) >= 11 is 5.82. The molecule has 22 heavy (non-hydrogen) atoms. The summed E-state index contributed by atoms with van der Waals surface area (Å²) in [6.45, 7) is 4.97. The molecule has 0 aliphatic rings. The Morgan fingerprint density at radius 3 is 2.36 bits per heavy atom. The second-order valence-corrected chi connectivity index (χ2v) is 5.66. The number of hydrogen-bond acceptors (Lipinski definition) is 2. The number of nitrogens with one attached hydrogen (secondary N) is 1. The number of hydrogen-bond donors (Lipinski definition) is 1. The van der Waals surface area contributed by atoms with Crippen molar-refractivity contribution >= 4 is 17.5 Å². The van der Waals surface area contributed by atoms with Crippen molar-refractivity contribution in [3.8, 4) is 5.75 Å². The fourth-order valence-corrected chi connectivity index (χ4v) is 2.35. The molecule has 0 saturated heterocycles. The smallest absolute Gasteiger partial charge is 0.224 e. The van der Waals surface area contributed by atoms with Crippen LogP contribution >= 0.6 is 11.6 Å². The van der Waals surface area contributed by atoms with E-state index in [9.17, 15) is 4.79 Å². The largest absolute Gasteiger partial charge is 0.491 e. The molecule has 0 bridgehead atoms. The molecule has 0 aliphatic carbocycles. The standard InChI is InChI=1S/C18H20ClNO2/c1-13-4-3-5-14(2)18(13)22-11-10-20-17(21)12-15-6-8-16(19)9-7-15/h3-9H,10-12H2,1-2H3,(H,20,21). The van der Waals surface area contributed by atoms with Crippen LogP contribution in [0.3, 0.4) is 0 Å². The van der Waals surface area contributed by atoms with Gasteiger partial charge >= 0.3 is 0 Å². The van der Waals surface area contributed by atoms with Crippen LogP contribution in [-0.2, 0) is 11.2 Å². The quantitative estimate of drug-likeness (QED) is 0.825. The summed E-state index contributed by atoms with van der Waals surface area (Å²) in [5.74, 6) is 0.877. The molecule has 0 unspecified atom stereocenters. The third kappa shape index (κ3) is 4.78. The number of carbonyl (C=O) groups is 1. The summed E-state index contributed by atoms with van der Waals surface area (Å²) in [5.41, 5.74) is 3.15. The first-order chi connectivity index (χ1) is 10.6. The number of para-hydroxylation sites is 1. The highest BCUT2D eigenvalue weighted by atomic mass is 35.5. The average molecular weight is 318 g/mol. The van der Waals surface area contributed by atoms with Gasteiger partial charge in [0.15, 0.2) is 0 Å². The monoisotopic (exact) mass is 317 g/mol. The Kier molecular flexibility index (Phi) is 5.84. The molecule has 0 fully saturated rings. The van der Waals surface area contributed by atoms with E-state index < -0.39 is 0 Å². The van der Waals surface area contributed by atoms with E-state index in [4.69, 9.17) is 16.3 Å². The van der Waals surface area contributed by atoms with Crippen LogP contribution in [-0.4, -0.2) is 19.1 Å². The molecule has 0 saturated carbocycles. The molecule has 1 N–H and O–H groups in total. The summed E-state index contributed by atoms with van der Waals surface area (Å²) in [7, 11) is 0.